The van der Waals surface area contributed by atoms with Crippen LogP contribution in [0.15, 0.2) is 12.4 Å². The molecule has 1 fully saturated rings. The van der Waals surface area contributed by atoms with Crippen molar-refractivity contribution in [3.05, 3.63) is 17.5 Å². The van der Waals surface area contributed by atoms with E-state index < -0.39 is 0 Å². The van der Waals surface area contributed by atoms with Gasteiger partial charge in [-0.3, -0.25) is 0 Å². The summed E-state index contributed by atoms with van der Waals surface area (Å²) in [4.78, 5) is 7.62. The maximum atomic E-state index is 5.63. The molecule has 0 atom stereocenters. The number of hydrogen-bond acceptors (Lipinski definition) is 4. The highest BCUT2D eigenvalue weighted by Crippen LogP contribution is 2.15. The molecule has 2 heterocycles. The van der Waals surface area contributed by atoms with Crippen LogP contribution in [0.4, 0.5) is 0 Å². The predicted octanol–water partition coefficient (Wildman–Crippen LogP) is 0.908. The third-order valence-electron chi connectivity index (χ3n) is 1.50. The molecule has 1 saturated heterocycles. The minimum absolute atomic E-state index is 0.121. The molecule has 4 nitrogen and oxygen atoms in total. The molecule has 0 bridgehead atoms. The van der Waals surface area contributed by atoms with E-state index in [2.05, 4.69) is 9.97 Å². The molecule has 0 N–H and O–H groups in total. The van der Waals surface area contributed by atoms with E-state index in [0.717, 1.165) is 0 Å². The Labute approximate surface area is 74.5 Å². The Bertz CT molecular complexity index is 278. The van der Waals surface area contributed by atoms with Crippen LogP contribution in [0.2, 0.25) is 5.15 Å². The van der Waals surface area contributed by atoms with Gasteiger partial charge in [0.1, 0.15) is 17.6 Å². The van der Waals surface area contributed by atoms with Crippen molar-refractivity contribution in [2.75, 3.05) is 13.2 Å². The second-order valence-corrected chi connectivity index (χ2v) is 2.84. The van der Waals surface area contributed by atoms with E-state index in [9.17, 15) is 0 Å². The number of hydrogen-bond donors (Lipinski definition) is 0. The molecule has 0 amide bonds. The van der Waals surface area contributed by atoms with Crippen LogP contribution >= 0.6 is 11.6 Å². The molecule has 0 radical (unpaired) electrons. The molecule has 1 aromatic heterocycles. The molecule has 5 heteroatoms. The Balaban J connectivity index is 2.02. The summed E-state index contributed by atoms with van der Waals surface area (Å²) in [5.41, 5.74) is 0. The van der Waals surface area contributed by atoms with Gasteiger partial charge in [0.2, 0.25) is 5.88 Å². The number of aromatic nitrogens is 2. The lowest BCUT2D eigenvalue weighted by Crippen LogP contribution is -2.38. The van der Waals surface area contributed by atoms with Gasteiger partial charge in [-0.25, -0.2) is 9.97 Å². The molecule has 1 aliphatic rings. The topological polar surface area (TPSA) is 44.2 Å². The summed E-state index contributed by atoms with van der Waals surface area (Å²) in [6.07, 6.45) is 1.49. The monoisotopic (exact) mass is 186 g/mol. The van der Waals surface area contributed by atoms with Crippen LogP contribution in [-0.4, -0.2) is 29.3 Å². The van der Waals surface area contributed by atoms with Crippen molar-refractivity contribution in [3.63, 3.8) is 0 Å². The highest BCUT2D eigenvalue weighted by atomic mass is 35.5. The molecule has 0 aromatic carbocycles. The van der Waals surface area contributed by atoms with E-state index >= 15 is 0 Å². The first-order valence-electron chi connectivity index (χ1n) is 3.56. The van der Waals surface area contributed by atoms with Crippen molar-refractivity contribution in [3.8, 4) is 5.88 Å². The van der Waals surface area contributed by atoms with Crippen LogP contribution in [0.1, 0.15) is 0 Å². The lowest BCUT2D eigenvalue weighted by atomic mass is 10.3. The van der Waals surface area contributed by atoms with Crippen molar-refractivity contribution in [2.24, 2.45) is 0 Å². The molecule has 0 saturated carbocycles. The number of nitrogens with zero attached hydrogens (tertiary/aromatic N) is 2. The maximum absolute atomic E-state index is 5.63. The van der Waals surface area contributed by atoms with Gasteiger partial charge in [0.05, 0.1) is 13.2 Å². The minimum atomic E-state index is 0.121. The third-order valence-corrected chi connectivity index (χ3v) is 1.71. The molecule has 12 heavy (non-hydrogen) atoms. The van der Waals surface area contributed by atoms with E-state index in [1.54, 1.807) is 6.07 Å². The van der Waals surface area contributed by atoms with E-state index in [-0.39, 0.29) is 6.10 Å². The number of halogens is 1. The summed E-state index contributed by atoms with van der Waals surface area (Å²) in [5.74, 6) is 0.503. The van der Waals surface area contributed by atoms with Crippen molar-refractivity contribution in [1.82, 2.24) is 9.97 Å². The average molecular weight is 187 g/mol. The van der Waals surface area contributed by atoms with E-state index in [1.807, 2.05) is 0 Å². The third kappa shape index (κ3) is 1.65. The minimum Gasteiger partial charge on any atom is -0.469 e. The second kappa shape index (κ2) is 3.25. The van der Waals surface area contributed by atoms with Gasteiger partial charge < -0.3 is 9.47 Å². The zero-order valence-corrected chi connectivity index (χ0v) is 6.99. The molecule has 1 aromatic rings. The Morgan fingerprint density at radius 3 is 2.92 bits per heavy atom. The standard InChI is InChI=1S/C7H7ClN2O2/c8-6-1-7(10-4-9-6)12-5-2-11-3-5/h1,4-5H,2-3H2. The molecule has 0 aliphatic carbocycles. The zero-order chi connectivity index (χ0) is 8.39. The summed E-state index contributed by atoms with van der Waals surface area (Å²) < 4.78 is 10.3. The first-order valence-corrected chi connectivity index (χ1v) is 3.94. The van der Waals surface area contributed by atoms with Crippen LogP contribution < -0.4 is 4.74 Å². The fourth-order valence-electron chi connectivity index (χ4n) is 0.835. The number of rotatable bonds is 2. The van der Waals surface area contributed by atoms with E-state index in [1.165, 1.54) is 6.33 Å². The van der Waals surface area contributed by atoms with Gasteiger partial charge in [0.15, 0.2) is 0 Å². The molecule has 64 valence electrons. The SMILES string of the molecule is Clc1cc(OC2COC2)ncn1. The lowest BCUT2D eigenvalue weighted by molar-refractivity contribution is -0.0813. The largest absolute Gasteiger partial charge is 0.469 e. The fourth-order valence-corrected chi connectivity index (χ4v) is 0.972. The Hall–Kier alpha value is -0.870. The van der Waals surface area contributed by atoms with Crippen molar-refractivity contribution < 1.29 is 9.47 Å². The molecule has 1 aliphatic heterocycles. The molecular weight excluding hydrogens is 180 g/mol. The van der Waals surface area contributed by atoms with Gasteiger partial charge in [-0.2, -0.15) is 0 Å². The molecule has 0 unspecified atom stereocenters. The normalized spacial score (nSPS) is 17.1. The molecule has 0 spiro atoms. The Morgan fingerprint density at radius 2 is 2.33 bits per heavy atom. The van der Waals surface area contributed by atoms with Crippen LogP contribution in [0.25, 0.3) is 0 Å². The number of ether oxygens (including phenoxy) is 2. The van der Waals surface area contributed by atoms with Gasteiger partial charge in [-0.05, 0) is 0 Å². The zero-order valence-electron chi connectivity index (χ0n) is 6.24. The summed E-state index contributed by atoms with van der Waals surface area (Å²) >= 11 is 5.63. The van der Waals surface area contributed by atoms with Crippen molar-refractivity contribution >= 4 is 11.6 Å². The highest BCUT2D eigenvalue weighted by Gasteiger charge is 2.20. The van der Waals surface area contributed by atoms with E-state index in [4.69, 9.17) is 21.1 Å². The molecular formula is C7H7ClN2O2. The van der Waals surface area contributed by atoms with Gasteiger partial charge in [-0.15, -0.1) is 0 Å². The maximum Gasteiger partial charge on any atom is 0.218 e. The Morgan fingerprint density at radius 1 is 1.50 bits per heavy atom. The Kier molecular flexibility index (Phi) is 2.10. The van der Waals surface area contributed by atoms with Gasteiger partial charge in [0.25, 0.3) is 0 Å². The summed E-state index contributed by atoms with van der Waals surface area (Å²) in [5, 5.41) is 0.389. The first-order chi connectivity index (χ1) is 5.84. The highest BCUT2D eigenvalue weighted by molar-refractivity contribution is 6.29. The van der Waals surface area contributed by atoms with Gasteiger partial charge in [-0.1, -0.05) is 11.6 Å². The summed E-state index contributed by atoms with van der Waals surface area (Å²) in [7, 11) is 0. The average Bonchev–Trinajstić information content (AvgIpc) is 1.97. The summed E-state index contributed by atoms with van der Waals surface area (Å²) in [6, 6.07) is 1.58. The fraction of sp³-hybridized carbons (Fsp3) is 0.429. The van der Waals surface area contributed by atoms with Crippen molar-refractivity contribution in [1.29, 1.82) is 0 Å². The summed E-state index contributed by atoms with van der Waals surface area (Å²) in [6.45, 7) is 1.25. The quantitative estimate of drug-likeness (QED) is 0.644. The van der Waals surface area contributed by atoms with Gasteiger partial charge in [0, 0.05) is 6.07 Å². The molecule has 2 rings (SSSR count). The van der Waals surface area contributed by atoms with Gasteiger partial charge >= 0.3 is 0 Å². The van der Waals surface area contributed by atoms with Crippen LogP contribution in [0.5, 0.6) is 5.88 Å². The lowest BCUT2D eigenvalue weighted by Gasteiger charge is -2.25. The predicted molar refractivity (Wildman–Crippen MR) is 42.3 cm³/mol. The van der Waals surface area contributed by atoms with Crippen LogP contribution in [-0.2, 0) is 4.74 Å². The van der Waals surface area contributed by atoms with Crippen LogP contribution in [0, 0.1) is 0 Å². The smallest absolute Gasteiger partial charge is 0.218 e. The first kappa shape index (κ1) is 7.76. The van der Waals surface area contributed by atoms with Crippen molar-refractivity contribution in [2.45, 2.75) is 6.10 Å². The second-order valence-electron chi connectivity index (χ2n) is 2.46. The van der Waals surface area contributed by atoms with Crippen LogP contribution in [0.3, 0.4) is 0 Å². The van der Waals surface area contributed by atoms with E-state index in [0.29, 0.717) is 24.2 Å².